The summed E-state index contributed by atoms with van der Waals surface area (Å²) in [6.07, 6.45) is -0.680. The van der Waals surface area contributed by atoms with Crippen LogP contribution >= 0.6 is 0 Å². The monoisotopic (exact) mass is 396 g/mol. The molecule has 0 aromatic heterocycles. The minimum atomic E-state index is -2.08. The van der Waals surface area contributed by atoms with Crippen LogP contribution in [0.3, 0.4) is 0 Å². The normalized spacial score (nSPS) is 13.0. The molecule has 152 valence electrons. The van der Waals surface area contributed by atoms with E-state index in [1.165, 1.54) is 14.2 Å². The molecule has 0 aliphatic rings. The van der Waals surface area contributed by atoms with Gasteiger partial charge in [0.05, 0.1) is 13.7 Å². The van der Waals surface area contributed by atoms with E-state index in [1.807, 2.05) is 30.3 Å². The minimum Gasteiger partial charge on any atom is -0.445 e. The summed E-state index contributed by atoms with van der Waals surface area (Å²) >= 11 is 0. The number of ether oxygens (including phenoxy) is 1. The van der Waals surface area contributed by atoms with Crippen molar-refractivity contribution in [2.24, 2.45) is 0 Å². The third-order valence-corrected chi connectivity index (χ3v) is 9.30. The van der Waals surface area contributed by atoms with Gasteiger partial charge in [0, 0.05) is 7.05 Å². The fourth-order valence-corrected chi connectivity index (χ4v) is 2.92. The Kier molecular flexibility index (Phi) is 8.45. The van der Waals surface area contributed by atoms with Gasteiger partial charge in [-0.3, -0.25) is 9.63 Å². The van der Waals surface area contributed by atoms with Gasteiger partial charge in [0.15, 0.2) is 8.32 Å². The second kappa shape index (κ2) is 9.87. The summed E-state index contributed by atoms with van der Waals surface area (Å²) in [5, 5.41) is 3.65. The molecule has 0 spiro atoms. The quantitative estimate of drug-likeness (QED) is 0.539. The van der Waals surface area contributed by atoms with E-state index in [0.717, 1.165) is 10.6 Å². The highest BCUT2D eigenvalue weighted by molar-refractivity contribution is 6.74. The van der Waals surface area contributed by atoms with Gasteiger partial charge in [-0.05, 0) is 23.7 Å². The fourth-order valence-electron chi connectivity index (χ4n) is 1.90. The van der Waals surface area contributed by atoms with E-state index in [9.17, 15) is 9.59 Å². The first-order valence-electron chi connectivity index (χ1n) is 8.91. The summed E-state index contributed by atoms with van der Waals surface area (Å²) in [6, 6.07) is 8.43. The molecular weight excluding hydrogens is 364 g/mol. The topological polar surface area (TPSA) is 77.1 Å². The van der Waals surface area contributed by atoms with Gasteiger partial charge in [-0.2, -0.15) is 0 Å². The highest BCUT2D eigenvalue weighted by atomic mass is 28.4. The molecule has 1 atom stereocenters. The molecule has 0 saturated carbocycles. The number of carbonyl (C=O) groups excluding carboxylic acids is 2. The van der Waals surface area contributed by atoms with Gasteiger partial charge < -0.3 is 14.5 Å². The lowest BCUT2D eigenvalue weighted by Crippen LogP contribution is -2.52. The summed E-state index contributed by atoms with van der Waals surface area (Å²) in [7, 11) is 0.787. The first-order chi connectivity index (χ1) is 12.5. The molecular formula is C19H32N2O5Si. The highest BCUT2D eigenvalue weighted by Gasteiger charge is 2.38. The molecule has 2 amide bonds. The molecule has 1 rings (SSSR count). The van der Waals surface area contributed by atoms with Crippen molar-refractivity contribution in [1.82, 2.24) is 10.4 Å². The number of hydrogen-bond acceptors (Lipinski definition) is 5. The SMILES string of the molecule is CON(C)C(=O)C(CO[Si](C)(C)C(C)(C)C)NC(=O)OCc1ccccc1. The Morgan fingerprint density at radius 3 is 2.30 bits per heavy atom. The largest absolute Gasteiger partial charge is 0.445 e. The summed E-state index contributed by atoms with van der Waals surface area (Å²) < 4.78 is 11.3. The van der Waals surface area contributed by atoms with E-state index in [2.05, 4.69) is 39.2 Å². The third kappa shape index (κ3) is 7.32. The molecule has 0 saturated heterocycles. The maximum Gasteiger partial charge on any atom is 0.408 e. The molecule has 1 N–H and O–H groups in total. The van der Waals surface area contributed by atoms with Gasteiger partial charge in [-0.25, -0.2) is 9.86 Å². The molecule has 1 aromatic carbocycles. The Bertz CT molecular complexity index is 616. The Balaban J connectivity index is 2.73. The zero-order valence-electron chi connectivity index (χ0n) is 17.4. The van der Waals surface area contributed by atoms with Crippen molar-refractivity contribution >= 4 is 20.3 Å². The highest BCUT2D eigenvalue weighted by Crippen LogP contribution is 2.36. The molecule has 0 aliphatic heterocycles. The molecule has 1 aromatic rings. The number of nitrogens with one attached hydrogen (secondary N) is 1. The number of benzene rings is 1. The van der Waals surface area contributed by atoms with E-state index >= 15 is 0 Å². The number of alkyl carbamates (subject to hydrolysis) is 1. The van der Waals surface area contributed by atoms with Crippen LogP contribution in [0.15, 0.2) is 30.3 Å². The van der Waals surface area contributed by atoms with Gasteiger partial charge in [-0.15, -0.1) is 0 Å². The summed E-state index contributed by atoms with van der Waals surface area (Å²) in [5.41, 5.74) is 0.863. The first-order valence-corrected chi connectivity index (χ1v) is 11.8. The van der Waals surface area contributed by atoms with Gasteiger partial charge in [-0.1, -0.05) is 51.1 Å². The van der Waals surface area contributed by atoms with E-state index in [-0.39, 0.29) is 18.3 Å². The van der Waals surface area contributed by atoms with Gasteiger partial charge in [0.25, 0.3) is 5.91 Å². The molecule has 0 bridgehead atoms. The zero-order chi connectivity index (χ0) is 20.7. The predicted molar refractivity (Wildman–Crippen MR) is 106 cm³/mol. The predicted octanol–water partition coefficient (Wildman–Crippen LogP) is 3.32. The smallest absolute Gasteiger partial charge is 0.408 e. The van der Waals surface area contributed by atoms with Gasteiger partial charge in [0.2, 0.25) is 0 Å². The number of carbonyl (C=O) groups is 2. The van der Waals surface area contributed by atoms with E-state index in [1.54, 1.807) is 0 Å². The van der Waals surface area contributed by atoms with Crippen molar-refractivity contribution in [3.63, 3.8) is 0 Å². The van der Waals surface area contributed by atoms with Crippen LogP contribution in [-0.2, 0) is 25.4 Å². The molecule has 8 heteroatoms. The molecule has 0 aliphatic carbocycles. The molecule has 1 unspecified atom stereocenters. The molecule has 0 fully saturated rings. The maximum atomic E-state index is 12.5. The Labute approximate surface area is 163 Å². The van der Waals surface area contributed by atoms with E-state index < -0.39 is 26.4 Å². The Morgan fingerprint density at radius 1 is 1.19 bits per heavy atom. The van der Waals surface area contributed by atoms with Crippen molar-refractivity contribution in [2.75, 3.05) is 20.8 Å². The average molecular weight is 397 g/mol. The van der Waals surface area contributed by atoms with Crippen molar-refractivity contribution in [3.8, 4) is 0 Å². The summed E-state index contributed by atoms with van der Waals surface area (Å²) in [4.78, 5) is 29.6. The van der Waals surface area contributed by atoms with Crippen molar-refractivity contribution in [2.45, 2.75) is 51.6 Å². The lowest BCUT2D eigenvalue weighted by atomic mass is 10.2. The lowest BCUT2D eigenvalue weighted by molar-refractivity contribution is -0.171. The number of amides is 2. The average Bonchev–Trinajstić information content (AvgIpc) is 2.62. The van der Waals surface area contributed by atoms with Gasteiger partial charge >= 0.3 is 6.09 Å². The van der Waals surface area contributed by atoms with Crippen LogP contribution in [0.1, 0.15) is 26.3 Å². The third-order valence-electron chi connectivity index (χ3n) is 4.80. The van der Waals surface area contributed by atoms with Crippen LogP contribution < -0.4 is 5.32 Å². The van der Waals surface area contributed by atoms with E-state index in [4.69, 9.17) is 14.0 Å². The van der Waals surface area contributed by atoms with Crippen molar-refractivity contribution < 1.29 is 23.6 Å². The van der Waals surface area contributed by atoms with Crippen molar-refractivity contribution in [1.29, 1.82) is 0 Å². The Morgan fingerprint density at radius 2 is 1.78 bits per heavy atom. The van der Waals surface area contributed by atoms with Gasteiger partial charge in [0.1, 0.15) is 12.6 Å². The standard InChI is InChI=1S/C19H32N2O5Si/c1-19(2,3)27(6,7)26-14-16(17(22)21(4)24-5)20-18(23)25-13-15-11-9-8-10-12-15/h8-12,16H,13-14H2,1-7H3,(H,20,23). The van der Waals surface area contributed by atoms with E-state index in [0.29, 0.717) is 0 Å². The number of likely N-dealkylation sites (N-methyl/N-ethyl adjacent to an activating group) is 1. The fraction of sp³-hybridized carbons (Fsp3) is 0.579. The number of nitrogens with zero attached hydrogens (tertiary/aromatic N) is 1. The molecule has 0 heterocycles. The maximum absolute atomic E-state index is 12.5. The second-order valence-electron chi connectivity index (χ2n) is 7.85. The summed E-state index contributed by atoms with van der Waals surface area (Å²) in [5.74, 6) is -0.409. The van der Waals surface area contributed by atoms with Crippen LogP contribution in [0.25, 0.3) is 0 Å². The Hall–Kier alpha value is -1.90. The first kappa shape index (κ1) is 23.1. The molecule has 7 nitrogen and oxygen atoms in total. The summed E-state index contributed by atoms with van der Waals surface area (Å²) in [6.45, 7) is 10.7. The van der Waals surface area contributed by atoms with Crippen LogP contribution in [0.4, 0.5) is 4.79 Å². The number of hydroxylamine groups is 2. The van der Waals surface area contributed by atoms with Crippen LogP contribution in [-0.4, -0.2) is 52.2 Å². The zero-order valence-corrected chi connectivity index (χ0v) is 18.4. The lowest BCUT2D eigenvalue weighted by Gasteiger charge is -2.37. The molecule has 27 heavy (non-hydrogen) atoms. The minimum absolute atomic E-state index is 0.0123. The van der Waals surface area contributed by atoms with Crippen LogP contribution in [0.2, 0.25) is 18.1 Å². The van der Waals surface area contributed by atoms with Crippen LogP contribution in [0.5, 0.6) is 0 Å². The number of hydrogen-bond donors (Lipinski definition) is 1. The second-order valence-corrected chi connectivity index (χ2v) is 12.7. The van der Waals surface area contributed by atoms with Crippen molar-refractivity contribution in [3.05, 3.63) is 35.9 Å². The molecule has 0 radical (unpaired) electrons. The van der Waals surface area contributed by atoms with Crippen LogP contribution in [0, 0.1) is 0 Å². The number of rotatable bonds is 8.